The van der Waals surface area contributed by atoms with Gasteiger partial charge in [0.15, 0.2) is 15.8 Å². The lowest BCUT2D eigenvalue weighted by Gasteiger charge is -2.18. The molecule has 2 unspecified atom stereocenters. The third-order valence-corrected chi connectivity index (χ3v) is 5.43. The maximum absolute atomic E-state index is 11.5. The number of aliphatic hydroxyl groups is 1. The van der Waals surface area contributed by atoms with Gasteiger partial charge in [-0.25, -0.2) is 8.42 Å². The first-order valence-corrected chi connectivity index (χ1v) is 9.69. The van der Waals surface area contributed by atoms with Gasteiger partial charge in [-0.3, -0.25) is 4.99 Å². The Morgan fingerprint density at radius 3 is 2.67 bits per heavy atom. The van der Waals surface area contributed by atoms with Crippen LogP contribution < -0.4 is 10.6 Å². The Kier molecular flexibility index (Phi) is 8.03. The van der Waals surface area contributed by atoms with Crippen LogP contribution in [0.3, 0.4) is 0 Å². The summed E-state index contributed by atoms with van der Waals surface area (Å²) in [5.41, 5.74) is 0. The van der Waals surface area contributed by atoms with Gasteiger partial charge in [-0.15, -0.1) is 0 Å². The van der Waals surface area contributed by atoms with Gasteiger partial charge in [-0.1, -0.05) is 13.3 Å². The molecule has 21 heavy (non-hydrogen) atoms. The van der Waals surface area contributed by atoms with E-state index in [1.54, 1.807) is 0 Å². The Bertz CT molecular complexity index is 417. The molecule has 0 spiro atoms. The zero-order valence-electron chi connectivity index (χ0n) is 13.1. The first-order valence-electron chi connectivity index (χ1n) is 7.86. The van der Waals surface area contributed by atoms with Gasteiger partial charge in [0.2, 0.25) is 0 Å². The average molecular weight is 319 g/mol. The molecular weight excluding hydrogens is 290 g/mol. The Hall–Kier alpha value is -0.820. The molecule has 1 aliphatic rings. The Morgan fingerprint density at radius 1 is 1.38 bits per heavy atom. The van der Waals surface area contributed by atoms with Crippen LogP contribution in [0, 0.1) is 5.92 Å². The van der Waals surface area contributed by atoms with Crippen molar-refractivity contribution in [3.63, 3.8) is 0 Å². The molecule has 1 fully saturated rings. The summed E-state index contributed by atoms with van der Waals surface area (Å²) in [4.78, 5) is 4.55. The molecule has 0 amide bonds. The minimum absolute atomic E-state index is 0.0460. The van der Waals surface area contributed by atoms with Gasteiger partial charge >= 0.3 is 0 Å². The minimum atomic E-state index is -2.88. The summed E-state index contributed by atoms with van der Waals surface area (Å²) in [5, 5.41) is 15.4. The quantitative estimate of drug-likeness (QED) is 0.448. The summed E-state index contributed by atoms with van der Waals surface area (Å²) >= 11 is 0. The second-order valence-corrected chi connectivity index (χ2v) is 7.86. The molecule has 6 nitrogen and oxygen atoms in total. The van der Waals surface area contributed by atoms with Crippen LogP contribution in [0.15, 0.2) is 4.99 Å². The number of aliphatic imine (C=N–C) groups is 1. The number of nitrogens with zero attached hydrogens (tertiary/aromatic N) is 1. The topological polar surface area (TPSA) is 90.8 Å². The molecule has 0 radical (unpaired) electrons. The van der Waals surface area contributed by atoms with Crippen LogP contribution >= 0.6 is 0 Å². The fourth-order valence-electron chi connectivity index (χ4n) is 2.56. The fourth-order valence-corrected chi connectivity index (χ4v) is 4.23. The van der Waals surface area contributed by atoms with Crippen LogP contribution in [-0.2, 0) is 9.84 Å². The van der Waals surface area contributed by atoms with Crippen LogP contribution in [0.1, 0.15) is 39.5 Å². The summed E-state index contributed by atoms with van der Waals surface area (Å²) in [5.74, 6) is 1.50. The molecule has 7 heteroatoms. The molecule has 124 valence electrons. The van der Waals surface area contributed by atoms with Gasteiger partial charge in [-0.05, 0) is 32.1 Å². The lowest BCUT2D eigenvalue weighted by atomic mass is 10.0. The van der Waals surface area contributed by atoms with E-state index in [2.05, 4.69) is 22.5 Å². The van der Waals surface area contributed by atoms with Crippen molar-refractivity contribution in [3.8, 4) is 0 Å². The number of sulfone groups is 1. The van der Waals surface area contributed by atoms with E-state index in [-0.39, 0.29) is 24.2 Å². The van der Waals surface area contributed by atoms with Crippen molar-refractivity contribution in [2.45, 2.75) is 45.6 Å². The zero-order chi connectivity index (χ0) is 15.7. The van der Waals surface area contributed by atoms with Crippen LogP contribution in [0.2, 0.25) is 0 Å². The first kappa shape index (κ1) is 18.2. The van der Waals surface area contributed by atoms with Crippen LogP contribution in [-0.4, -0.2) is 56.7 Å². The maximum atomic E-state index is 11.5. The number of hydrogen-bond acceptors (Lipinski definition) is 4. The van der Waals surface area contributed by atoms with Gasteiger partial charge in [0.1, 0.15) is 0 Å². The summed E-state index contributed by atoms with van der Waals surface area (Å²) < 4.78 is 23.0. The monoisotopic (exact) mass is 319 g/mol. The molecule has 1 heterocycles. The van der Waals surface area contributed by atoms with Crippen molar-refractivity contribution >= 4 is 15.8 Å². The zero-order valence-corrected chi connectivity index (χ0v) is 14.0. The van der Waals surface area contributed by atoms with Crippen molar-refractivity contribution in [2.75, 3.05) is 31.2 Å². The van der Waals surface area contributed by atoms with Crippen molar-refractivity contribution in [1.82, 2.24) is 10.6 Å². The maximum Gasteiger partial charge on any atom is 0.191 e. The van der Waals surface area contributed by atoms with Crippen LogP contribution in [0.25, 0.3) is 0 Å². The molecular formula is C14H29N3O3S. The number of guanidine groups is 1. The van der Waals surface area contributed by atoms with Gasteiger partial charge in [0, 0.05) is 25.7 Å². The van der Waals surface area contributed by atoms with Gasteiger partial charge in [-0.2, -0.15) is 0 Å². The van der Waals surface area contributed by atoms with E-state index in [0.717, 1.165) is 25.8 Å². The van der Waals surface area contributed by atoms with Crippen molar-refractivity contribution in [1.29, 1.82) is 0 Å². The summed E-state index contributed by atoms with van der Waals surface area (Å²) in [6.07, 6.45) is 3.52. The predicted octanol–water partition coefficient (Wildman–Crippen LogP) is 0.527. The number of aliphatic hydroxyl groups excluding tert-OH is 1. The molecule has 3 N–H and O–H groups in total. The molecule has 0 aromatic carbocycles. The minimum Gasteiger partial charge on any atom is -0.396 e. The smallest absolute Gasteiger partial charge is 0.191 e. The van der Waals surface area contributed by atoms with Crippen molar-refractivity contribution < 1.29 is 13.5 Å². The van der Waals surface area contributed by atoms with Crippen LogP contribution in [0.4, 0.5) is 0 Å². The van der Waals surface area contributed by atoms with E-state index in [1.807, 2.05) is 6.92 Å². The SMILES string of the molecule is CCCC(CCO)CN=C(NCC)NC1CCS(=O)(=O)C1. The highest BCUT2D eigenvalue weighted by Gasteiger charge is 2.28. The molecule has 0 aromatic heterocycles. The highest BCUT2D eigenvalue weighted by Crippen LogP contribution is 2.12. The molecule has 1 saturated heterocycles. The van der Waals surface area contributed by atoms with Gasteiger partial charge < -0.3 is 15.7 Å². The Morgan fingerprint density at radius 2 is 2.14 bits per heavy atom. The molecule has 0 aromatic rings. The molecule has 0 aliphatic carbocycles. The number of hydrogen-bond donors (Lipinski definition) is 3. The third kappa shape index (κ3) is 7.13. The van der Waals surface area contributed by atoms with E-state index in [1.165, 1.54) is 0 Å². The molecule has 1 rings (SSSR count). The second-order valence-electron chi connectivity index (χ2n) is 5.63. The largest absolute Gasteiger partial charge is 0.396 e. The van der Waals surface area contributed by atoms with E-state index >= 15 is 0 Å². The average Bonchev–Trinajstić information content (AvgIpc) is 2.76. The van der Waals surface area contributed by atoms with Crippen LogP contribution in [0.5, 0.6) is 0 Å². The normalized spacial score (nSPS) is 23.0. The van der Waals surface area contributed by atoms with Gasteiger partial charge in [0.25, 0.3) is 0 Å². The summed E-state index contributed by atoms with van der Waals surface area (Å²) in [7, 11) is -2.88. The lowest BCUT2D eigenvalue weighted by molar-refractivity contribution is 0.253. The number of nitrogens with one attached hydrogen (secondary N) is 2. The molecule has 0 saturated carbocycles. The van der Waals surface area contributed by atoms with E-state index in [9.17, 15) is 8.42 Å². The highest BCUT2D eigenvalue weighted by molar-refractivity contribution is 7.91. The second kappa shape index (κ2) is 9.25. The standard InChI is InChI=1S/C14H29N3O3S/c1-3-5-12(6-8-18)10-16-14(15-4-2)17-13-7-9-21(19,20)11-13/h12-13,18H,3-11H2,1-2H3,(H2,15,16,17). The van der Waals surface area contributed by atoms with E-state index in [0.29, 0.717) is 24.8 Å². The Labute approximate surface area is 128 Å². The summed E-state index contributed by atoms with van der Waals surface area (Å²) in [6.45, 7) is 5.69. The summed E-state index contributed by atoms with van der Waals surface area (Å²) in [6, 6.07) is -0.0460. The third-order valence-electron chi connectivity index (χ3n) is 3.66. The molecule has 0 bridgehead atoms. The Balaban J connectivity index is 2.56. The van der Waals surface area contributed by atoms with Crippen molar-refractivity contribution in [2.24, 2.45) is 10.9 Å². The number of rotatable bonds is 8. The fraction of sp³-hybridized carbons (Fsp3) is 0.929. The van der Waals surface area contributed by atoms with Gasteiger partial charge in [0.05, 0.1) is 11.5 Å². The molecule has 2 atom stereocenters. The van der Waals surface area contributed by atoms with E-state index in [4.69, 9.17) is 5.11 Å². The van der Waals surface area contributed by atoms with E-state index < -0.39 is 9.84 Å². The first-order chi connectivity index (χ1) is 10.0. The lowest BCUT2D eigenvalue weighted by Crippen LogP contribution is -2.44. The molecule has 1 aliphatic heterocycles. The predicted molar refractivity (Wildman–Crippen MR) is 86.3 cm³/mol. The van der Waals surface area contributed by atoms with Crippen molar-refractivity contribution in [3.05, 3.63) is 0 Å². The highest BCUT2D eigenvalue weighted by atomic mass is 32.2.